The van der Waals surface area contributed by atoms with Crippen LogP contribution in [0.1, 0.15) is 43.9 Å². The number of ether oxygens (including phenoxy) is 1. The number of aryl methyl sites for hydroxylation is 1. The number of nitrogens with zero attached hydrogens (tertiary/aromatic N) is 7. The second kappa shape index (κ2) is 12.6. The summed E-state index contributed by atoms with van der Waals surface area (Å²) in [6, 6.07) is 4.28. The van der Waals surface area contributed by atoms with Crippen LogP contribution in [0.5, 0.6) is 11.8 Å². The van der Waals surface area contributed by atoms with Crippen molar-refractivity contribution >= 4 is 28.4 Å². The number of likely N-dealkylation sites (N-methyl/N-ethyl adjacent to an activating group) is 2. The quantitative estimate of drug-likeness (QED) is 0.252. The van der Waals surface area contributed by atoms with E-state index in [0.29, 0.717) is 31.3 Å². The maximum absolute atomic E-state index is 12.3. The number of allylic oxidation sites excluding steroid dienone is 1. The third-order valence-electron chi connectivity index (χ3n) is 8.84. The average molecular weight is 590 g/mol. The van der Waals surface area contributed by atoms with E-state index in [9.17, 15) is 9.90 Å². The first-order valence-electron chi connectivity index (χ1n) is 14.8. The highest BCUT2D eigenvalue weighted by Gasteiger charge is 2.33. The second-order valence-corrected chi connectivity index (χ2v) is 11.5. The van der Waals surface area contributed by atoms with Crippen LogP contribution >= 0.6 is 0 Å². The van der Waals surface area contributed by atoms with Crippen molar-refractivity contribution in [1.29, 1.82) is 0 Å². The Morgan fingerprint density at radius 2 is 2.12 bits per heavy atom. The van der Waals surface area contributed by atoms with Crippen molar-refractivity contribution in [2.45, 2.75) is 51.9 Å². The molecule has 43 heavy (non-hydrogen) atoms. The fourth-order valence-corrected chi connectivity index (χ4v) is 6.21. The first-order chi connectivity index (χ1) is 20.6. The molecule has 1 unspecified atom stereocenters. The largest absolute Gasteiger partial charge is 0.502 e. The molecule has 0 saturated carbocycles. The summed E-state index contributed by atoms with van der Waals surface area (Å²) in [6.45, 7) is 12.3. The summed E-state index contributed by atoms with van der Waals surface area (Å²) in [5.74, 6) is 0.360. The molecule has 2 aliphatic rings. The van der Waals surface area contributed by atoms with Gasteiger partial charge in [-0.05, 0) is 70.5 Å². The predicted molar refractivity (Wildman–Crippen MR) is 168 cm³/mol. The van der Waals surface area contributed by atoms with Crippen LogP contribution in [-0.4, -0.2) is 100 Å². The molecule has 230 valence electrons. The number of hydrogen-bond acceptors (Lipinski definition) is 10. The monoisotopic (exact) mass is 589 g/mol. The lowest BCUT2D eigenvalue weighted by atomic mass is 9.91. The molecule has 0 spiro atoms. The van der Waals surface area contributed by atoms with Crippen LogP contribution in [0.4, 0.5) is 11.6 Å². The summed E-state index contributed by atoms with van der Waals surface area (Å²) in [5.41, 5.74) is 10.6. The van der Waals surface area contributed by atoms with Gasteiger partial charge in [-0.25, -0.2) is 0 Å². The van der Waals surface area contributed by atoms with Crippen LogP contribution in [0.3, 0.4) is 0 Å². The van der Waals surface area contributed by atoms with E-state index < -0.39 is 6.17 Å². The van der Waals surface area contributed by atoms with E-state index in [0.717, 1.165) is 47.0 Å². The minimum absolute atomic E-state index is 0.0746. The van der Waals surface area contributed by atoms with E-state index in [1.807, 2.05) is 36.0 Å². The molecular weight excluding hydrogens is 546 g/mol. The molecule has 0 radical (unpaired) electrons. The van der Waals surface area contributed by atoms with Gasteiger partial charge in [0.15, 0.2) is 11.6 Å². The first-order valence-corrected chi connectivity index (χ1v) is 14.8. The van der Waals surface area contributed by atoms with Crippen molar-refractivity contribution in [3.63, 3.8) is 0 Å². The molecule has 0 aliphatic carbocycles. The lowest BCUT2D eigenvalue weighted by molar-refractivity contribution is -0.128. The molecule has 12 nitrogen and oxygen atoms in total. The number of nitrogens with two attached hydrogens (primary N) is 1. The van der Waals surface area contributed by atoms with Gasteiger partial charge in [0.05, 0.1) is 30.5 Å². The Hall–Kier alpha value is -4.16. The van der Waals surface area contributed by atoms with Crippen LogP contribution in [0.2, 0.25) is 0 Å². The smallest absolute Gasteiger partial charge is 0.320 e. The zero-order valence-electron chi connectivity index (χ0n) is 25.7. The minimum Gasteiger partial charge on any atom is -0.502 e. The van der Waals surface area contributed by atoms with Crippen LogP contribution in [0.15, 0.2) is 42.6 Å². The van der Waals surface area contributed by atoms with E-state index in [-0.39, 0.29) is 36.3 Å². The van der Waals surface area contributed by atoms with Gasteiger partial charge in [0.2, 0.25) is 11.7 Å². The number of carbonyl (C=O) groups excluding carboxylic acids is 1. The van der Waals surface area contributed by atoms with Gasteiger partial charge in [0.25, 0.3) is 0 Å². The summed E-state index contributed by atoms with van der Waals surface area (Å²) in [4.78, 5) is 29.5. The Labute approximate surface area is 252 Å². The van der Waals surface area contributed by atoms with Crippen LogP contribution in [-0.2, 0) is 4.79 Å². The average Bonchev–Trinajstić information content (AvgIpc) is 3.65. The summed E-state index contributed by atoms with van der Waals surface area (Å²) < 4.78 is 6.23. The maximum atomic E-state index is 12.3. The number of nitrogens with one attached hydrogen (secondary N) is 1. The number of hydrogen-bond donors (Lipinski definition) is 3. The topological polar surface area (TPSA) is 140 Å². The zero-order valence-corrected chi connectivity index (χ0v) is 25.7. The molecule has 5 rings (SSSR count). The predicted octanol–water partition coefficient (Wildman–Crippen LogP) is 3.10. The van der Waals surface area contributed by atoms with Gasteiger partial charge < -0.3 is 35.2 Å². The number of amides is 1. The third-order valence-corrected chi connectivity index (χ3v) is 8.84. The summed E-state index contributed by atoms with van der Waals surface area (Å²) in [7, 11) is 4.01. The number of aromatic hydroxyl groups is 1. The van der Waals surface area contributed by atoms with Gasteiger partial charge in [-0.3, -0.25) is 9.89 Å². The molecule has 2 saturated heterocycles. The number of rotatable bonds is 9. The first kappa shape index (κ1) is 30.3. The van der Waals surface area contributed by atoms with E-state index in [1.54, 1.807) is 4.90 Å². The van der Waals surface area contributed by atoms with Crippen molar-refractivity contribution in [3.8, 4) is 11.8 Å². The number of piperazine rings is 1. The van der Waals surface area contributed by atoms with E-state index in [2.05, 4.69) is 54.7 Å². The molecule has 4 heterocycles. The molecular formula is C31H43N9O3. The Balaban J connectivity index is 1.57. The van der Waals surface area contributed by atoms with Crippen LogP contribution in [0.25, 0.3) is 10.9 Å². The number of anilines is 2. The molecule has 2 fully saturated rings. The van der Waals surface area contributed by atoms with Gasteiger partial charge in [-0.1, -0.05) is 24.3 Å². The SMILES string of the molecule is C=CC(=O)N1CCN(c2nc(OC[C@@H]3CCCN3C)nc(N(C)C(/C(C)=C\C)c3c(C)ccc4[nH]ncc34)c2O)C[C@H]1N. The van der Waals surface area contributed by atoms with E-state index in [4.69, 9.17) is 20.4 Å². The Morgan fingerprint density at radius 1 is 1.33 bits per heavy atom. The fraction of sp³-hybridized carbons (Fsp3) is 0.484. The highest BCUT2D eigenvalue weighted by Crippen LogP contribution is 2.43. The molecule has 0 bridgehead atoms. The van der Waals surface area contributed by atoms with Gasteiger partial charge in [0, 0.05) is 31.6 Å². The van der Waals surface area contributed by atoms with Crippen LogP contribution in [0, 0.1) is 6.92 Å². The number of aromatic nitrogens is 4. The molecule has 2 aromatic heterocycles. The second-order valence-electron chi connectivity index (χ2n) is 11.5. The highest BCUT2D eigenvalue weighted by atomic mass is 16.5. The third kappa shape index (κ3) is 5.89. The van der Waals surface area contributed by atoms with Crippen LogP contribution < -0.4 is 20.3 Å². The van der Waals surface area contributed by atoms with Crippen molar-refractivity contribution < 1.29 is 14.6 Å². The lowest BCUT2D eigenvalue weighted by Crippen LogP contribution is -2.59. The molecule has 12 heteroatoms. The van der Waals surface area contributed by atoms with Gasteiger partial charge in [-0.15, -0.1) is 0 Å². The van der Waals surface area contributed by atoms with Crippen molar-refractivity contribution in [1.82, 2.24) is 30.0 Å². The lowest BCUT2D eigenvalue weighted by Gasteiger charge is -2.40. The number of fused-ring (bicyclic) bond motifs is 1. The van der Waals surface area contributed by atoms with Gasteiger partial charge in [0.1, 0.15) is 6.61 Å². The fourth-order valence-electron chi connectivity index (χ4n) is 6.21. The zero-order chi connectivity index (χ0) is 30.8. The van der Waals surface area contributed by atoms with Gasteiger partial charge in [-0.2, -0.15) is 15.1 Å². The van der Waals surface area contributed by atoms with Crippen molar-refractivity contribution in [2.24, 2.45) is 5.73 Å². The molecule has 1 aromatic carbocycles. The number of aromatic amines is 1. The minimum atomic E-state index is -0.592. The normalized spacial score (nSPS) is 20.5. The number of H-pyrrole nitrogens is 1. The van der Waals surface area contributed by atoms with Crippen molar-refractivity contribution in [3.05, 3.63) is 53.8 Å². The standard InChI is InChI=1S/C31H43N9O3/c1-7-19(3)27(26-20(4)11-12-23-22(26)16-33-36-23)38(6)29-28(42)30(39-14-15-40(24(32)17-39)25(41)8-2)35-31(34-29)43-18-21-10-9-13-37(21)5/h7-8,11-12,16,21,24,27,42H,2,9-10,13-15,17-18,32H2,1,3-6H3,(H,33,36)/b19-7-/t21-,24-,27?/m0/s1. The summed E-state index contributed by atoms with van der Waals surface area (Å²) in [5, 5.41) is 20.2. The van der Waals surface area contributed by atoms with Gasteiger partial charge >= 0.3 is 6.01 Å². The number of carbonyl (C=O) groups is 1. The Morgan fingerprint density at radius 3 is 2.79 bits per heavy atom. The Bertz CT molecular complexity index is 1520. The maximum Gasteiger partial charge on any atom is 0.320 e. The number of likely N-dealkylation sites (tertiary alicyclic amines) is 1. The number of benzene rings is 1. The summed E-state index contributed by atoms with van der Waals surface area (Å²) >= 11 is 0. The van der Waals surface area contributed by atoms with E-state index in [1.165, 1.54) is 6.08 Å². The molecule has 2 aliphatic heterocycles. The molecule has 3 atom stereocenters. The Kier molecular flexibility index (Phi) is 8.88. The van der Waals surface area contributed by atoms with E-state index >= 15 is 0 Å². The highest BCUT2D eigenvalue weighted by molar-refractivity contribution is 5.87. The molecule has 3 aromatic rings. The molecule has 1 amide bonds. The van der Waals surface area contributed by atoms with Crippen molar-refractivity contribution in [2.75, 3.05) is 56.7 Å². The molecule has 4 N–H and O–H groups in total. The summed E-state index contributed by atoms with van der Waals surface area (Å²) in [6.07, 6.45) is 6.74.